The molecule has 1 aromatic carbocycles. The van der Waals surface area contributed by atoms with Crippen LogP contribution in [0.15, 0.2) is 23.1 Å². The average Bonchev–Trinajstić information content (AvgIpc) is 3.08. The quantitative estimate of drug-likeness (QED) is 0.753. The zero-order valence-corrected chi connectivity index (χ0v) is 13.8. The Hall–Kier alpha value is -1.77. The fourth-order valence-electron chi connectivity index (χ4n) is 3.15. The molecule has 1 saturated heterocycles. The van der Waals surface area contributed by atoms with Crippen molar-refractivity contribution in [3.05, 3.63) is 23.8 Å². The standard InChI is InChI=1S/C15H18N2O5S/c1-16-13-6-5-11(8-12(13)14(18)15(16)19)23(20,21)17-7-3-4-10(17)9-22-2/h5-6,8,10H,3-4,7,9H2,1-2H3/t10-/m0/s1. The van der Waals surface area contributed by atoms with Crippen LogP contribution in [0.5, 0.6) is 0 Å². The first-order valence-electron chi connectivity index (χ1n) is 7.35. The molecule has 7 nitrogen and oxygen atoms in total. The van der Waals surface area contributed by atoms with Gasteiger partial charge in [0.05, 0.1) is 22.8 Å². The Kier molecular flexibility index (Phi) is 3.99. The van der Waals surface area contributed by atoms with Crippen molar-refractivity contribution in [1.82, 2.24) is 4.31 Å². The molecular weight excluding hydrogens is 320 g/mol. The lowest BCUT2D eigenvalue weighted by Crippen LogP contribution is -2.38. The van der Waals surface area contributed by atoms with E-state index in [0.29, 0.717) is 18.8 Å². The number of nitrogens with zero attached hydrogens (tertiary/aromatic N) is 2. The van der Waals surface area contributed by atoms with E-state index >= 15 is 0 Å². The van der Waals surface area contributed by atoms with Crippen LogP contribution in [-0.4, -0.2) is 57.8 Å². The van der Waals surface area contributed by atoms with Crippen LogP contribution in [0.4, 0.5) is 5.69 Å². The Bertz CT molecular complexity index is 774. The monoisotopic (exact) mass is 338 g/mol. The highest BCUT2D eigenvalue weighted by atomic mass is 32.2. The molecule has 1 aromatic rings. The number of methoxy groups -OCH3 is 1. The fourth-order valence-corrected chi connectivity index (χ4v) is 4.85. The predicted molar refractivity (Wildman–Crippen MR) is 83.0 cm³/mol. The van der Waals surface area contributed by atoms with Gasteiger partial charge in [-0.3, -0.25) is 9.59 Å². The van der Waals surface area contributed by atoms with E-state index < -0.39 is 21.7 Å². The molecule has 124 valence electrons. The Balaban J connectivity index is 1.99. The number of hydrogen-bond donors (Lipinski definition) is 0. The van der Waals surface area contributed by atoms with Gasteiger partial charge in [-0.05, 0) is 31.0 Å². The molecule has 0 radical (unpaired) electrons. The number of benzene rings is 1. The third-order valence-corrected chi connectivity index (χ3v) is 6.31. The van der Waals surface area contributed by atoms with Gasteiger partial charge >= 0.3 is 0 Å². The average molecular weight is 338 g/mol. The number of ketones is 1. The van der Waals surface area contributed by atoms with Crippen LogP contribution in [0.1, 0.15) is 23.2 Å². The van der Waals surface area contributed by atoms with Crippen molar-refractivity contribution in [1.29, 1.82) is 0 Å². The summed E-state index contributed by atoms with van der Waals surface area (Å²) in [7, 11) is -0.683. The van der Waals surface area contributed by atoms with Gasteiger partial charge in [-0.2, -0.15) is 4.31 Å². The first kappa shape index (κ1) is 16.1. The molecule has 0 N–H and O–H groups in total. The number of hydrogen-bond acceptors (Lipinski definition) is 5. The molecule has 0 aromatic heterocycles. The van der Waals surface area contributed by atoms with Gasteiger partial charge in [-0.1, -0.05) is 0 Å². The van der Waals surface area contributed by atoms with E-state index in [0.717, 1.165) is 12.8 Å². The van der Waals surface area contributed by atoms with Crippen LogP contribution in [0.2, 0.25) is 0 Å². The van der Waals surface area contributed by atoms with E-state index in [9.17, 15) is 18.0 Å². The summed E-state index contributed by atoms with van der Waals surface area (Å²) in [4.78, 5) is 24.9. The molecule has 1 fully saturated rings. The van der Waals surface area contributed by atoms with E-state index in [2.05, 4.69) is 0 Å². The van der Waals surface area contributed by atoms with Crippen molar-refractivity contribution in [2.75, 3.05) is 32.2 Å². The van der Waals surface area contributed by atoms with Crippen molar-refractivity contribution >= 4 is 27.4 Å². The minimum absolute atomic E-state index is 0.0377. The molecule has 2 aliphatic heterocycles. The van der Waals surface area contributed by atoms with Crippen LogP contribution in [0.25, 0.3) is 0 Å². The van der Waals surface area contributed by atoms with E-state index in [-0.39, 0.29) is 16.5 Å². The summed E-state index contributed by atoms with van der Waals surface area (Å²) in [6.45, 7) is 0.768. The summed E-state index contributed by atoms with van der Waals surface area (Å²) >= 11 is 0. The molecule has 0 aliphatic carbocycles. The Morgan fingerprint density at radius 1 is 1.30 bits per heavy atom. The molecule has 3 rings (SSSR count). The largest absolute Gasteiger partial charge is 0.383 e. The Labute approximate surface area is 134 Å². The molecule has 2 heterocycles. The number of likely N-dealkylation sites (N-methyl/N-ethyl adjacent to an activating group) is 1. The highest BCUT2D eigenvalue weighted by Gasteiger charge is 2.38. The predicted octanol–water partition coefficient (Wildman–Crippen LogP) is 0.645. The van der Waals surface area contributed by atoms with Crippen molar-refractivity contribution in [3.8, 4) is 0 Å². The van der Waals surface area contributed by atoms with Gasteiger partial charge in [0.2, 0.25) is 10.0 Å². The molecule has 8 heteroatoms. The highest BCUT2D eigenvalue weighted by Crippen LogP contribution is 2.32. The van der Waals surface area contributed by atoms with E-state index in [1.54, 1.807) is 7.11 Å². The Morgan fingerprint density at radius 2 is 2.04 bits per heavy atom. The van der Waals surface area contributed by atoms with Crippen molar-refractivity contribution in [3.63, 3.8) is 0 Å². The van der Waals surface area contributed by atoms with Crippen LogP contribution in [0.3, 0.4) is 0 Å². The fraction of sp³-hybridized carbons (Fsp3) is 0.467. The smallest absolute Gasteiger partial charge is 0.299 e. The molecule has 2 aliphatic rings. The normalized spacial score (nSPS) is 22.0. The topological polar surface area (TPSA) is 84.0 Å². The number of rotatable bonds is 4. The summed E-state index contributed by atoms with van der Waals surface area (Å²) in [5, 5.41) is 0. The zero-order valence-electron chi connectivity index (χ0n) is 13.0. The van der Waals surface area contributed by atoms with Crippen LogP contribution in [-0.2, 0) is 19.6 Å². The number of Topliss-reactive ketones (excluding diaryl/α,β-unsaturated/α-hetero) is 1. The maximum absolute atomic E-state index is 12.8. The van der Waals surface area contributed by atoms with Crippen LogP contribution >= 0.6 is 0 Å². The van der Waals surface area contributed by atoms with E-state index in [1.165, 1.54) is 34.5 Å². The number of ether oxygens (including phenoxy) is 1. The van der Waals surface area contributed by atoms with Gasteiger partial charge < -0.3 is 9.64 Å². The molecule has 1 amide bonds. The maximum Gasteiger partial charge on any atom is 0.299 e. The van der Waals surface area contributed by atoms with Gasteiger partial charge in [-0.15, -0.1) is 0 Å². The first-order valence-corrected chi connectivity index (χ1v) is 8.79. The summed E-state index contributed by atoms with van der Waals surface area (Å²) in [6.07, 6.45) is 1.52. The molecule has 1 atom stereocenters. The van der Waals surface area contributed by atoms with Crippen molar-refractivity contribution in [2.45, 2.75) is 23.8 Å². The SMILES string of the molecule is COC[C@@H]1CCCN1S(=O)(=O)c1ccc2c(c1)C(=O)C(=O)N2C. The zero-order chi connectivity index (χ0) is 16.8. The van der Waals surface area contributed by atoms with Gasteiger partial charge in [0, 0.05) is 26.7 Å². The Morgan fingerprint density at radius 3 is 2.74 bits per heavy atom. The number of fused-ring (bicyclic) bond motifs is 1. The number of carbonyl (C=O) groups excluding carboxylic acids is 2. The summed E-state index contributed by atoms with van der Waals surface area (Å²) in [6, 6.07) is 4.06. The summed E-state index contributed by atoms with van der Waals surface area (Å²) in [5.74, 6) is -1.32. The second-order valence-electron chi connectivity index (χ2n) is 5.74. The molecule has 0 saturated carbocycles. The second-order valence-corrected chi connectivity index (χ2v) is 7.63. The maximum atomic E-state index is 12.8. The summed E-state index contributed by atoms with van der Waals surface area (Å²) in [5.41, 5.74) is 0.579. The molecule has 0 unspecified atom stereocenters. The van der Waals surface area contributed by atoms with E-state index in [4.69, 9.17) is 4.74 Å². The lowest BCUT2D eigenvalue weighted by Gasteiger charge is -2.23. The number of anilines is 1. The third-order valence-electron chi connectivity index (χ3n) is 4.36. The van der Waals surface area contributed by atoms with Gasteiger partial charge in [0.25, 0.3) is 11.7 Å². The minimum Gasteiger partial charge on any atom is -0.383 e. The van der Waals surface area contributed by atoms with Gasteiger partial charge in [-0.25, -0.2) is 8.42 Å². The lowest BCUT2D eigenvalue weighted by atomic mass is 10.1. The number of amides is 1. The van der Waals surface area contributed by atoms with Gasteiger partial charge in [0.1, 0.15) is 0 Å². The van der Waals surface area contributed by atoms with Crippen molar-refractivity contribution < 1.29 is 22.7 Å². The van der Waals surface area contributed by atoms with E-state index in [1.807, 2.05) is 0 Å². The molecular formula is C15H18N2O5S. The lowest BCUT2D eigenvalue weighted by molar-refractivity contribution is -0.114. The minimum atomic E-state index is -3.72. The second kappa shape index (κ2) is 5.70. The number of sulfonamides is 1. The third kappa shape index (κ3) is 2.46. The molecule has 0 spiro atoms. The van der Waals surface area contributed by atoms with Crippen LogP contribution < -0.4 is 4.90 Å². The first-order chi connectivity index (χ1) is 10.9. The van der Waals surface area contributed by atoms with Crippen LogP contribution in [0, 0.1) is 0 Å². The van der Waals surface area contributed by atoms with Crippen molar-refractivity contribution in [2.24, 2.45) is 0 Å². The van der Waals surface area contributed by atoms with Gasteiger partial charge in [0.15, 0.2) is 0 Å². The highest BCUT2D eigenvalue weighted by molar-refractivity contribution is 7.89. The number of carbonyl (C=O) groups is 2. The molecule has 0 bridgehead atoms. The summed E-state index contributed by atoms with van der Waals surface area (Å²) < 4.78 is 32.2. The molecule has 23 heavy (non-hydrogen) atoms.